The van der Waals surface area contributed by atoms with Crippen LogP contribution >= 0.6 is 0 Å². The van der Waals surface area contributed by atoms with Crippen molar-refractivity contribution in [3.63, 3.8) is 0 Å². The van der Waals surface area contributed by atoms with Gasteiger partial charge in [0, 0.05) is 13.5 Å². The van der Waals surface area contributed by atoms with Gasteiger partial charge in [0.25, 0.3) is 0 Å². The molecule has 0 saturated carbocycles. The van der Waals surface area contributed by atoms with Crippen LogP contribution in [0.15, 0.2) is 30.3 Å². The summed E-state index contributed by atoms with van der Waals surface area (Å²) in [4.78, 5) is 26.4. The average Bonchev–Trinajstić information content (AvgIpc) is 3.18. The van der Waals surface area contributed by atoms with Crippen LogP contribution in [-0.2, 0) is 16.1 Å². The maximum Gasteiger partial charge on any atom is 0.243 e. The maximum atomic E-state index is 11.9. The Morgan fingerprint density at radius 2 is 2.11 bits per heavy atom. The molecule has 0 radical (unpaired) electrons. The lowest BCUT2D eigenvalue weighted by atomic mass is 10.2. The van der Waals surface area contributed by atoms with Crippen LogP contribution in [0.1, 0.15) is 12.5 Å². The standard InChI is InChI=1S/C14H15N3O2/c1-11(18)16(8-12-5-3-2-4-6-12)10-14(19)17-9-13(17)7-15/h2-6,13H,8-10H2,1H3. The minimum absolute atomic E-state index is 0.0302. The summed E-state index contributed by atoms with van der Waals surface area (Å²) in [5.41, 5.74) is 0.980. The fourth-order valence-electron chi connectivity index (χ4n) is 1.86. The van der Waals surface area contributed by atoms with Crippen molar-refractivity contribution in [2.75, 3.05) is 13.1 Å². The first kappa shape index (κ1) is 13.1. The first-order valence-electron chi connectivity index (χ1n) is 6.10. The van der Waals surface area contributed by atoms with Gasteiger partial charge in [0.1, 0.15) is 12.6 Å². The minimum Gasteiger partial charge on any atom is -0.329 e. The molecule has 2 rings (SSSR count). The van der Waals surface area contributed by atoms with Crippen LogP contribution < -0.4 is 0 Å². The molecule has 0 aliphatic carbocycles. The first-order valence-corrected chi connectivity index (χ1v) is 6.10. The van der Waals surface area contributed by atoms with E-state index in [-0.39, 0.29) is 24.4 Å². The van der Waals surface area contributed by atoms with Crippen molar-refractivity contribution >= 4 is 11.8 Å². The Hall–Kier alpha value is -2.35. The fraction of sp³-hybridized carbons (Fsp3) is 0.357. The van der Waals surface area contributed by atoms with E-state index in [0.717, 1.165) is 5.56 Å². The highest BCUT2D eigenvalue weighted by atomic mass is 16.2. The highest BCUT2D eigenvalue weighted by Crippen LogP contribution is 2.17. The summed E-state index contributed by atoms with van der Waals surface area (Å²) in [6.45, 7) is 2.36. The van der Waals surface area contributed by atoms with E-state index < -0.39 is 0 Å². The Labute approximate surface area is 112 Å². The van der Waals surface area contributed by atoms with Crippen LogP contribution in [-0.4, -0.2) is 40.7 Å². The van der Waals surface area contributed by atoms with Gasteiger partial charge >= 0.3 is 0 Å². The van der Waals surface area contributed by atoms with E-state index in [1.807, 2.05) is 36.4 Å². The number of nitriles is 1. The molecular formula is C14H15N3O2. The molecule has 1 saturated heterocycles. The van der Waals surface area contributed by atoms with Gasteiger partial charge in [-0.25, -0.2) is 0 Å². The van der Waals surface area contributed by atoms with Gasteiger partial charge in [-0.3, -0.25) is 9.59 Å². The van der Waals surface area contributed by atoms with Crippen molar-refractivity contribution in [1.82, 2.24) is 9.80 Å². The van der Waals surface area contributed by atoms with Crippen molar-refractivity contribution in [3.05, 3.63) is 35.9 Å². The fourth-order valence-corrected chi connectivity index (χ4v) is 1.86. The van der Waals surface area contributed by atoms with Gasteiger partial charge in [0.05, 0.1) is 12.6 Å². The summed E-state index contributed by atoms with van der Waals surface area (Å²) in [5, 5.41) is 8.68. The molecule has 5 heteroatoms. The predicted octanol–water partition coefficient (Wildman–Crippen LogP) is 0.769. The van der Waals surface area contributed by atoms with Crippen molar-refractivity contribution in [2.45, 2.75) is 19.5 Å². The van der Waals surface area contributed by atoms with E-state index in [9.17, 15) is 9.59 Å². The molecule has 0 N–H and O–H groups in total. The third-order valence-electron chi connectivity index (χ3n) is 3.07. The third kappa shape index (κ3) is 3.32. The number of carbonyl (C=O) groups is 2. The van der Waals surface area contributed by atoms with Crippen LogP contribution in [0.25, 0.3) is 0 Å². The lowest BCUT2D eigenvalue weighted by molar-refractivity contribution is -0.137. The second-order valence-electron chi connectivity index (χ2n) is 4.55. The van der Waals surface area contributed by atoms with Gasteiger partial charge in [0.2, 0.25) is 11.8 Å². The smallest absolute Gasteiger partial charge is 0.243 e. The van der Waals surface area contributed by atoms with E-state index in [2.05, 4.69) is 0 Å². The molecule has 0 aromatic heterocycles. The summed E-state index contributed by atoms with van der Waals surface area (Å²) in [5.74, 6) is -0.315. The molecular weight excluding hydrogens is 242 g/mol. The van der Waals surface area contributed by atoms with Crippen molar-refractivity contribution in [1.29, 1.82) is 5.26 Å². The number of amides is 2. The molecule has 1 aliphatic rings. The van der Waals surface area contributed by atoms with Crippen molar-refractivity contribution < 1.29 is 9.59 Å². The Balaban J connectivity index is 1.96. The van der Waals surface area contributed by atoms with Crippen LogP contribution in [0.5, 0.6) is 0 Å². The summed E-state index contributed by atoms with van der Waals surface area (Å²) in [7, 11) is 0. The highest BCUT2D eigenvalue weighted by Gasteiger charge is 2.38. The molecule has 1 heterocycles. The number of carbonyl (C=O) groups excluding carboxylic acids is 2. The van der Waals surface area contributed by atoms with Gasteiger partial charge in [-0.1, -0.05) is 30.3 Å². The lowest BCUT2D eigenvalue weighted by Crippen LogP contribution is -2.36. The van der Waals surface area contributed by atoms with Crippen LogP contribution in [0, 0.1) is 11.3 Å². The van der Waals surface area contributed by atoms with E-state index in [0.29, 0.717) is 13.1 Å². The number of nitrogens with zero attached hydrogens (tertiary/aromatic N) is 3. The molecule has 98 valence electrons. The van der Waals surface area contributed by atoms with Gasteiger partial charge in [-0.2, -0.15) is 5.26 Å². The molecule has 1 atom stereocenters. The summed E-state index contributed by atoms with van der Waals surface area (Å²) < 4.78 is 0. The topological polar surface area (TPSA) is 64.2 Å². The van der Waals surface area contributed by atoms with E-state index in [1.165, 1.54) is 16.7 Å². The number of hydrogen-bond donors (Lipinski definition) is 0. The zero-order valence-corrected chi connectivity index (χ0v) is 10.7. The zero-order valence-electron chi connectivity index (χ0n) is 10.7. The lowest BCUT2D eigenvalue weighted by Gasteiger charge is -2.20. The number of rotatable bonds is 4. The molecule has 19 heavy (non-hydrogen) atoms. The monoisotopic (exact) mass is 257 g/mol. The predicted molar refractivity (Wildman–Crippen MR) is 68.6 cm³/mol. The van der Waals surface area contributed by atoms with Crippen LogP contribution in [0.3, 0.4) is 0 Å². The molecule has 0 bridgehead atoms. The maximum absolute atomic E-state index is 11.9. The Bertz CT molecular complexity index is 521. The first-order chi connectivity index (χ1) is 9.11. The molecule has 1 aliphatic heterocycles. The summed E-state index contributed by atoms with van der Waals surface area (Å²) in [6.07, 6.45) is 0. The van der Waals surface area contributed by atoms with Crippen molar-refractivity contribution in [2.24, 2.45) is 0 Å². The third-order valence-corrected chi connectivity index (χ3v) is 3.07. The molecule has 1 unspecified atom stereocenters. The second-order valence-corrected chi connectivity index (χ2v) is 4.55. The highest BCUT2D eigenvalue weighted by molar-refractivity contribution is 5.85. The molecule has 5 nitrogen and oxygen atoms in total. The normalized spacial score (nSPS) is 16.6. The minimum atomic E-state index is -0.307. The van der Waals surface area contributed by atoms with Gasteiger partial charge in [0.15, 0.2) is 0 Å². The molecule has 1 aromatic rings. The molecule has 1 fully saturated rings. The quantitative estimate of drug-likeness (QED) is 0.748. The van der Waals surface area contributed by atoms with Gasteiger partial charge in [-0.05, 0) is 5.56 Å². The molecule has 1 aromatic carbocycles. The average molecular weight is 257 g/mol. The van der Waals surface area contributed by atoms with E-state index in [1.54, 1.807) is 0 Å². The van der Waals surface area contributed by atoms with E-state index in [4.69, 9.17) is 5.26 Å². The number of hydrogen-bond acceptors (Lipinski definition) is 3. The van der Waals surface area contributed by atoms with Gasteiger partial charge in [-0.15, -0.1) is 0 Å². The Kier molecular flexibility index (Phi) is 3.81. The SMILES string of the molecule is CC(=O)N(CC(=O)N1CC1C#N)Cc1ccccc1. The Morgan fingerprint density at radius 1 is 1.42 bits per heavy atom. The second kappa shape index (κ2) is 5.53. The van der Waals surface area contributed by atoms with Gasteiger partial charge < -0.3 is 9.80 Å². The van der Waals surface area contributed by atoms with Crippen LogP contribution in [0.2, 0.25) is 0 Å². The summed E-state index contributed by atoms with van der Waals surface area (Å²) in [6, 6.07) is 11.2. The molecule has 2 amide bonds. The Morgan fingerprint density at radius 3 is 2.63 bits per heavy atom. The van der Waals surface area contributed by atoms with Crippen molar-refractivity contribution in [3.8, 4) is 6.07 Å². The zero-order chi connectivity index (χ0) is 13.8. The summed E-state index contributed by atoms with van der Waals surface area (Å²) >= 11 is 0. The van der Waals surface area contributed by atoms with E-state index >= 15 is 0 Å². The molecule has 0 spiro atoms. The largest absolute Gasteiger partial charge is 0.329 e. The van der Waals surface area contributed by atoms with Crippen LogP contribution in [0.4, 0.5) is 0 Å². The number of benzene rings is 1.